The second-order valence-electron chi connectivity index (χ2n) is 8.05. The largest absolute Gasteiger partial charge is 0.332 e. The third-order valence-electron chi connectivity index (χ3n) is 5.88. The number of benzene rings is 2. The van der Waals surface area contributed by atoms with E-state index < -0.39 is 28.9 Å². The summed E-state index contributed by atoms with van der Waals surface area (Å²) in [5.74, 6) is -2.18. The van der Waals surface area contributed by atoms with Gasteiger partial charge in [0.2, 0.25) is 0 Å². The number of nitrogens with one attached hydrogen (secondary N) is 2. The Bertz CT molecular complexity index is 1290. The molecule has 3 amide bonds. The Kier molecular flexibility index (Phi) is 6.72. The van der Waals surface area contributed by atoms with E-state index in [1.165, 1.54) is 23.7 Å². The Balaban J connectivity index is 1.50. The molecule has 3 aromatic rings. The number of amides is 3. The molecule has 34 heavy (non-hydrogen) atoms. The van der Waals surface area contributed by atoms with Crippen LogP contribution in [-0.2, 0) is 20.0 Å². The van der Waals surface area contributed by atoms with E-state index >= 15 is 0 Å². The lowest BCUT2D eigenvalue weighted by atomic mass is 10.1. The zero-order chi connectivity index (χ0) is 24.2. The number of aromatic nitrogens is 1. The molecule has 7 nitrogen and oxygen atoms in total. The molecule has 2 N–H and O–H groups in total. The molecule has 0 unspecified atom stereocenters. The van der Waals surface area contributed by atoms with Crippen molar-refractivity contribution in [2.45, 2.75) is 25.8 Å². The van der Waals surface area contributed by atoms with Crippen molar-refractivity contribution in [3.8, 4) is 0 Å². The number of carbonyl (C=O) groups excluding carboxylic acids is 2. The average Bonchev–Trinajstić information content (AvgIpc) is 3.05. The fraction of sp³-hybridized carbons (Fsp3) is 0.240. The molecule has 0 atom stereocenters. The summed E-state index contributed by atoms with van der Waals surface area (Å²) in [5, 5.41) is 4.59. The first kappa shape index (κ1) is 23.2. The molecular formula is C25H24F2N4O3. The van der Waals surface area contributed by atoms with Gasteiger partial charge in [0.15, 0.2) is 0 Å². The molecule has 0 saturated carbocycles. The molecule has 1 aliphatic heterocycles. The van der Waals surface area contributed by atoms with Gasteiger partial charge in [0.25, 0.3) is 11.5 Å². The van der Waals surface area contributed by atoms with E-state index in [0.717, 1.165) is 42.6 Å². The van der Waals surface area contributed by atoms with Crippen LogP contribution in [0.15, 0.2) is 59.4 Å². The smallest absolute Gasteiger partial charge is 0.319 e. The van der Waals surface area contributed by atoms with Gasteiger partial charge in [0, 0.05) is 25.0 Å². The summed E-state index contributed by atoms with van der Waals surface area (Å²) in [6, 6.07) is 13.1. The SMILES string of the molecule is Cn1c(CNC(=O)Nc2c(F)cccc2F)ccc(C(=O)N2CCCCc3ccccc32)c1=O. The van der Waals surface area contributed by atoms with Crippen molar-refractivity contribution in [3.63, 3.8) is 0 Å². The highest BCUT2D eigenvalue weighted by molar-refractivity contribution is 6.06. The fourth-order valence-electron chi connectivity index (χ4n) is 4.01. The van der Waals surface area contributed by atoms with Crippen LogP contribution >= 0.6 is 0 Å². The number of rotatable bonds is 4. The minimum absolute atomic E-state index is 0.0285. The summed E-state index contributed by atoms with van der Waals surface area (Å²) in [7, 11) is 1.50. The van der Waals surface area contributed by atoms with Crippen LogP contribution in [0.4, 0.5) is 25.0 Å². The number of anilines is 2. The van der Waals surface area contributed by atoms with Gasteiger partial charge in [0.1, 0.15) is 22.9 Å². The standard InChI is InChI=1S/C25H24F2N4O3/c1-30-17(15-28-25(34)29-22-19(26)9-6-10-20(22)27)12-13-18(23(30)32)24(33)31-14-5-4-8-16-7-2-3-11-21(16)31/h2-3,6-7,9-13H,4-5,8,14-15H2,1H3,(H2,28,29,34). The average molecular weight is 466 g/mol. The number of aryl methyl sites for hydroxylation is 1. The van der Waals surface area contributed by atoms with Crippen LogP contribution in [0, 0.1) is 11.6 Å². The molecule has 2 aromatic carbocycles. The maximum Gasteiger partial charge on any atom is 0.319 e. The van der Waals surface area contributed by atoms with Crippen LogP contribution in [0.3, 0.4) is 0 Å². The van der Waals surface area contributed by atoms with Gasteiger partial charge >= 0.3 is 6.03 Å². The van der Waals surface area contributed by atoms with Crippen LogP contribution in [0.2, 0.25) is 0 Å². The van der Waals surface area contributed by atoms with E-state index in [2.05, 4.69) is 10.6 Å². The first-order valence-electron chi connectivity index (χ1n) is 10.9. The predicted molar refractivity (Wildman–Crippen MR) is 125 cm³/mol. The molecule has 2 heterocycles. The van der Waals surface area contributed by atoms with E-state index in [1.54, 1.807) is 11.0 Å². The molecule has 4 rings (SSSR count). The summed E-state index contributed by atoms with van der Waals surface area (Å²) in [6.45, 7) is 0.434. The molecule has 1 aromatic heterocycles. The van der Waals surface area contributed by atoms with Crippen LogP contribution in [0.5, 0.6) is 0 Å². The van der Waals surface area contributed by atoms with E-state index in [4.69, 9.17) is 0 Å². The van der Waals surface area contributed by atoms with Crippen molar-refractivity contribution in [2.75, 3.05) is 16.8 Å². The number of hydrogen-bond donors (Lipinski definition) is 2. The van der Waals surface area contributed by atoms with Gasteiger partial charge in [-0.1, -0.05) is 24.3 Å². The number of halogens is 2. The molecule has 0 bridgehead atoms. The van der Waals surface area contributed by atoms with Gasteiger partial charge in [-0.15, -0.1) is 0 Å². The summed E-state index contributed by atoms with van der Waals surface area (Å²) < 4.78 is 28.7. The van der Waals surface area contributed by atoms with Crippen molar-refractivity contribution < 1.29 is 18.4 Å². The number of fused-ring (bicyclic) bond motifs is 1. The molecule has 1 aliphatic rings. The van der Waals surface area contributed by atoms with Gasteiger partial charge in [-0.2, -0.15) is 0 Å². The van der Waals surface area contributed by atoms with Crippen LogP contribution in [-0.4, -0.2) is 23.1 Å². The maximum absolute atomic E-state index is 13.7. The highest BCUT2D eigenvalue weighted by atomic mass is 19.1. The van der Waals surface area contributed by atoms with Crippen molar-refractivity contribution in [3.05, 3.63) is 93.4 Å². The van der Waals surface area contributed by atoms with Crippen molar-refractivity contribution in [2.24, 2.45) is 7.05 Å². The monoisotopic (exact) mass is 466 g/mol. The summed E-state index contributed by atoms with van der Waals surface area (Å²) in [4.78, 5) is 40.0. The van der Waals surface area contributed by atoms with Gasteiger partial charge < -0.3 is 20.1 Å². The molecule has 9 heteroatoms. The molecule has 0 aliphatic carbocycles. The molecule has 176 valence electrons. The van der Waals surface area contributed by atoms with Crippen LogP contribution in [0.1, 0.15) is 34.5 Å². The molecule has 0 fully saturated rings. The predicted octanol–water partition coefficient (Wildman–Crippen LogP) is 3.97. The quantitative estimate of drug-likeness (QED) is 0.611. The number of carbonyl (C=O) groups is 2. The van der Waals surface area contributed by atoms with E-state index in [9.17, 15) is 23.2 Å². The highest BCUT2D eigenvalue weighted by Crippen LogP contribution is 2.27. The number of pyridine rings is 1. The van der Waals surface area contributed by atoms with E-state index in [-0.39, 0.29) is 18.0 Å². The normalized spacial score (nSPS) is 13.1. The second kappa shape index (κ2) is 9.86. The minimum Gasteiger partial charge on any atom is -0.332 e. The lowest BCUT2D eigenvalue weighted by molar-refractivity contribution is 0.0985. The summed E-state index contributed by atoms with van der Waals surface area (Å²) >= 11 is 0. The Morgan fingerprint density at radius 2 is 1.71 bits per heavy atom. The minimum atomic E-state index is -0.902. The summed E-state index contributed by atoms with van der Waals surface area (Å²) in [5.41, 5.74) is 1.28. The Hall–Kier alpha value is -4.01. The zero-order valence-electron chi connectivity index (χ0n) is 18.6. The Labute approximate surface area is 195 Å². The van der Waals surface area contributed by atoms with Gasteiger partial charge in [0.05, 0.1) is 6.54 Å². The number of hydrogen-bond acceptors (Lipinski definition) is 3. The first-order chi connectivity index (χ1) is 16.4. The van der Waals surface area contributed by atoms with Crippen molar-refractivity contribution >= 4 is 23.3 Å². The molecule has 0 radical (unpaired) electrons. The van der Waals surface area contributed by atoms with Gasteiger partial charge in [-0.25, -0.2) is 13.6 Å². The number of nitrogens with zero attached hydrogens (tertiary/aromatic N) is 2. The highest BCUT2D eigenvalue weighted by Gasteiger charge is 2.25. The second-order valence-corrected chi connectivity index (χ2v) is 8.05. The molecule has 0 saturated heterocycles. The first-order valence-corrected chi connectivity index (χ1v) is 10.9. The lowest BCUT2D eigenvalue weighted by Gasteiger charge is -2.23. The fourth-order valence-corrected chi connectivity index (χ4v) is 4.01. The lowest BCUT2D eigenvalue weighted by Crippen LogP contribution is -2.38. The Morgan fingerprint density at radius 1 is 0.971 bits per heavy atom. The Morgan fingerprint density at radius 3 is 2.47 bits per heavy atom. The summed E-state index contributed by atoms with van der Waals surface area (Å²) in [6.07, 6.45) is 2.67. The van der Waals surface area contributed by atoms with Gasteiger partial charge in [-0.05, 0) is 55.2 Å². The van der Waals surface area contributed by atoms with Crippen molar-refractivity contribution in [1.29, 1.82) is 0 Å². The molecule has 0 spiro atoms. The van der Waals surface area contributed by atoms with E-state index in [0.29, 0.717) is 12.2 Å². The molecular weight excluding hydrogens is 442 g/mol. The number of urea groups is 1. The van der Waals surface area contributed by atoms with Crippen LogP contribution in [0.25, 0.3) is 0 Å². The third kappa shape index (κ3) is 4.68. The van der Waals surface area contributed by atoms with Crippen molar-refractivity contribution in [1.82, 2.24) is 9.88 Å². The maximum atomic E-state index is 13.7. The van der Waals surface area contributed by atoms with Crippen LogP contribution < -0.4 is 21.1 Å². The third-order valence-corrected chi connectivity index (χ3v) is 5.88. The topological polar surface area (TPSA) is 83.4 Å². The van der Waals surface area contributed by atoms with E-state index in [1.807, 2.05) is 24.3 Å². The zero-order valence-corrected chi connectivity index (χ0v) is 18.6. The number of para-hydroxylation sites is 2. The van der Waals surface area contributed by atoms with Gasteiger partial charge in [-0.3, -0.25) is 9.59 Å².